The number of halogens is 2. The Hall–Kier alpha value is -0.330. The molecule has 7 heteroatoms. The second-order valence-corrected chi connectivity index (χ2v) is 7.45. The standard InChI is InChI=1S/C13H20Cl2N2O2S/c1-4-16-8-10-5-11(14)6-12(13(10)15)20(18,19)17-7-9(2)3/h5-6,9,16-17H,4,7-8H2,1-3H3. The molecule has 114 valence electrons. The average Bonchev–Trinajstić information content (AvgIpc) is 2.37. The van der Waals surface area contributed by atoms with Crippen molar-refractivity contribution >= 4 is 33.2 Å². The fourth-order valence-electron chi connectivity index (χ4n) is 1.56. The van der Waals surface area contributed by atoms with Crippen molar-refractivity contribution in [2.24, 2.45) is 5.92 Å². The summed E-state index contributed by atoms with van der Waals surface area (Å²) in [5, 5.41) is 3.67. The van der Waals surface area contributed by atoms with Crippen LogP contribution < -0.4 is 10.0 Å². The summed E-state index contributed by atoms with van der Waals surface area (Å²) in [6.07, 6.45) is 0. The molecule has 0 aromatic heterocycles. The van der Waals surface area contributed by atoms with Crippen molar-refractivity contribution in [2.45, 2.75) is 32.2 Å². The highest BCUT2D eigenvalue weighted by molar-refractivity contribution is 7.89. The monoisotopic (exact) mass is 338 g/mol. The molecular weight excluding hydrogens is 319 g/mol. The van der Waals surface area contributed by atoms with Crippen LogP contribution in [0.1, 0.15) is 26.3 Å². The molecule has 0 aliphatic heterocycles. The van der Waals surface area contributed by atoms with Crippen molar-refractivity contribution in [3.63, 3.8) is 0 Å². The second-order valence-electron chi connectivity index (χ2n) is 4.90. The van der Waals surface area contributed by atoms with Gasteiger partial charge in [0, 0.05) is 18.1 Å². The maximum atomic E-state index is 12.3. The molecule has 0 saturated carbocycles. The first-order valence-electron chi connectivity index (χ1n) is 6.46. The van der Waals surface area contributed by atoms with E-state index < -0.39 is 10.0 Å². The Labute approximate surface area is 130 Å². The van der Waals surface area contributed by atoms with Gasteiger partial charge in [-0.2, -0.15) is 0 Å². The molecule has 0 fully saturated rings. The molecule has 1 aromatic carbocycles. The lowest BCUT2D eigenvalue weighted by molar-refractivity contribution is 0.560. The molecule has 0 heterocycles. The lowest BCUT2D eigenvalue weighted by Crippen LogP contribution is -2.28. The average molecular weight is 339 g/mol. The molecule has 20 heavy (non-hydrogen) atoms. The van der Waals surface area contributed by atoms with Crippen LogP contribution in [0.5, 0.6) is 0 Å². The highest BCUT2D eigenvalue weighted by Gasteiger charge is 2.21. The number of hydrogen-bond acceptors (Lipinski definition) is 3. The SMILES string of the molecule is CCNCc1cc(Cl)cc(S(=O)(=O)NCC(C)C)c1Cl. The van der Waals surface area contributed by atoms with Crippen LogP contribution in [-0.4, -0.2) is 21.5 Å². The summed E-state index contributed by atoms with van der Waals surface area (Å²) in [5.41, 5.74) is 0.672. The molecule has 0 spiro atoms. The van der Waals surface area contributed by atoms with Gasteiger partial charge in [0.1, 0.15) is 4.90 Å². The summed E-state index contributed by atoms with van der Waals surface area (Å²) in [5.74, 6) is 0.212. The molecule has 2 N–H and O–H groups in total. The Bertz CT molecular complexity index is 560. The topological polar surface area (TPSA) is 58.2 Å². The van der Waals surface area contributed by atoms with E-state index in [1.807, 2.05) is 20.8 Å². The van der Waals surface area contributed by atoms with E-state index in [4.69, 9.17) is 23.2 Å². The molecule has 1 rings (SSSR count). The molecule has 0 bridgehead atoms. The first-order valence-corrected chi connectivity index (χ1v) is 8.70. The van der Waals surface area contributed by atoms with Gasteiger partial charge in [-0.25, -0.2) is 13.1 Å². The van der Waals surface area contributed by atoms with E-state index in [9.17, 15) is 8.42 Å². The van der Waals surface area contributed by atoms with Gasteiger partial charge >= 0.3 is 0 Å². The number of nitrogens with one attached hydrogen (secondary N) is 2. The van der Waals surface area contributed by atoms with E-state index in [2.05, 4.69) is 10.0 Å². The molecule has 0 radical (unpaired) electrons. The molecular formula is C13H20Cl2N2O2S. The van der Waals surface area contributed by atoms with Crippen LogP contribution >= 0.6 is 23.2 Å². The Kier molecular flexibility index (Phi) is 6.75. The van der Waals surface area contributed by atoms with Crippen LogP contribution in [0.15, 0.2) is 17.0 Å². The van der Waals surface area contributed by atoms with Gasteiger partial charge < -0.3 is 5.32 Å². The van der Waals surface area contributed by atoms with Crippen molar-refractivity contribution in [3.05, 3.63) is 27.7 Å². The van der Waals surface area contributed by atoms with E-state index in [0.717, 1.165) is 6.54 Å². The van der Waals surface area contributed by atoms with Gasteiger partial charge in [0.25, 0.3) is 0 Å². The minimum absolute atomic E-state index is 0.0280. The maximum Gasteiger partial charge on any atom is 0.242 e. The predicted molar refractivity (Wildman–Crippen MR) is 83.9 cm³/mol. The highest BCUT2D eigenvalue weighted by Crippen LogP contribution is 2.29. The van der Waals surface area contributed by atoms with Gasteiger partial charge in [0.05, 0.1) is 5.02 Å². The Morgan fingerprint density at radius 2 is 1.90 bits per heavy atom. The molecule has 1 aromatic rings. The van der Waals surface area contributed by atoms with Gasteiger partial charge in [-0.1, -0.05) is 44.0 Å². The first-order chi connectivity index (χ1) is 9.27. The molecule has 0 unspecified atom stereocenters. The summed E-state index contributed by atoms with van der Waals surface area (Å²) in [4.78, 5) is 0.0280. The lowest BCUT2D eigenvalue weighted by Gasteiger charge is -2.13. The lowest BCUT2D eigenvalue weighted by atomic mass is 10.2. The summed E-state index contributed by atoms with van der Waals surface area (Å²) < 4.78 is 27.1. The van der Waals surface area contributed by atoms with Gasteiger partial charge in [-0.3, -0.25) is 0 Å². The quantitative estimate of drug-likeness (QED) is 0.803. The van der Waals surface area contributed by atoms with Gasteiger partial charge in [0.2, 0.25) is 10.0 Å². The van der Waals surface area contributed by atoms with Crippen molar-refractivity contribution in [2.75, 3.05) is 13.1 Å². The third-order valence-corrected chi connectivity index (χ3v) is 4.84. The fraction of sp³-hybridized carbons (Fsp3) is 0.538. The van der Waals surface area contributed by atoms with Crippen molar-refractivity contribution in [1.29, 1.82) is 0 Å². The normalized spacial score (nSPS) is 12.1. The summed E-state index contributed by atoms with van der Waals surface area (Å²) in [6.45, 7) is 7.41. The largest absolute Gasteiger partial charge is 0.313 e. The van der Waals surface area contributed by atoms with Crippen LogP contribution in [0.25, 0.3) is 0 Å². The van der Waals surface area contributed by atoms with Gasteiger partial charge in [-0.15, -0.1) is 0 Å². The summed E-state index contributed by atoms with van der Waals surface area (Å²) in [6, 6.07) is 3.05. The number of sulfonamides is 1. The number of hydrogen-bond donors (Lipinski definition) is 2. The Morgan fingerprint density at radius 1 is 1.25 bits per heavy atom. The van der Waals surface area contributed by atoms with Crippen LogP contribution in [0, 0.1) is 5.92 Å². The van der Waals surface area contributed by atoms with E-state index in [0.29, 0.717) is 23.7 Å². The zero-order valence-corrected chi connectivity index (χ0v) is 14.2. The van der Waals surface area contributed by atoms with Crippen molar-refractivity contribution in [3.8, 4) is 0 Å². The van der Waals surface area contributed by atoms with E-state index in [-0.39, 0.29) is 15.8 Å². The minimum Gasteiger partial charge on any atom is -0.313 e. The van der Waals surface area contributed by atoms with Crippen molar-refractivity contribution in [1.82, 2.24) is 10.0 Å². The predicted octanol–water partition coefficient (Wildman–Crippen LogP) is 3.04. The Balaban J connectivity index is 3.13. The highest BCUT2D eigenvalue weighted by atomic mass is 35.5. The van der Waals surface area contributed by atoms with E-state index in [1.54, 1.807) is 6.07 Å². The maximum absolute atomic E-state index is 12.3. The minimum atomic E-state index is -3.65. The third-order valence-electron chi connectivity index (χ3n) is 2.62. The number of benzene rings is 1. The molecule has 0 aliphatic carbocycles. The fourth-order valence-corrected chi connectivity index (χ4v) is 3.70. The van der Waals surface area contributed by atoms with E-state index >= 15 is 0 Å². The van der Waals surface area contributed by atoms with Gasteiger partial charge in [-0.05, 0) is 30.2 Å². The van der Waals surface area contributed by atoms with Crippen LogP contribution in [-0.2, 0) is 16.6 Å². The van der Waals surface area contributed by atoms with Crippen molar-refractivity contribution < 1.29 is 8.42 Å². The molecule has 0 saturated heterocycles. The molecule has 0 aliphatic rings. The zero-order chi connectivity index (χ0) is 15.3. The molecule has 0 atom stereocenters. The smallest absolute Gasteiger partial charge is 0.242 e. The van der Waals surface area contributed by atoms with Crippen LogP contribution in [0.2, 0.25) is 10.0 Å². The summed E-state index contributed by atoms with van der Waals surface area (Å²) in [7, 11) is -3.65. The van der Waals surface area contributed by atoms with Crippen LogP contribution in [0.4, 0.5) is 0 Å². The number of rotatable bonds is 7. The molecule has 4 nitrogen and oxygen atoms in total. The first kappa shape index (κ1) is 17.7. The third kappa shape index (κ3) is 4.90. The second kappa shape index (κ2) is 7.61. The zero-order valence-electron chi connectivity index (χ0n) is 11.8. The molecule has 0 amide bonds. The van der Waals surface area contributed by atoms with Gasteiger partial charge in [0.15, 0.2) is 0 Å². The van der Waals surface area contributed by atoms with E-state index in [1.165, 1.54) is 6.07 Å². The summed E-state index contributed by atoms with van der Waals surface area (Å²) >= 11 is 12.2. The van der Waals surface area contributed by atoms with Crippen LogP contribution in [0.3, 0.4) is 0 Å². The Morgan fingerprint density at radius 3 is 2.45 bits per heavy atom.